The van der Waals surface area contributed by atoms with Gasteiger partial charge in [-0.15, -0.1) is 0 Å². The quantitative estimate of drug-likeness (QED) is 0.674. The van der Waals surface area contributed by atoms with E-state index in [1.165, 1.54) is 6.42 Å². The van der Waals surface area contributed by atoms with Gasteiger partial charge in [-0.25, -0.2) is 0 Å². The number of rotatable bonds is 5. The van der Waals surface area contributed by atoms with E-state index in [9.17, 15) is 5.11 Å². The second-order valence-corrected chi connectivity index (χ2v) is 15.0. The second kappa shape index (κ2) is 7.21. The van der Waals surface area contributed by atoms with Crippen LogP contribution in [0.15, 0.2) is 22.7 Å². The van der Waals surface area contributed by atoms with Crippen molar-refractivity contribution in [3.8, 4) is 0 Å². The fourth-order valence-corrected chi connectivity index (χ4v) is 4.86. The van der Waals surface area contributed by atoms with Crippen molar-refractivity contribution < 1.29 is 14.3 Å². The van der Waals surface area contributed by atoms with Gasteiger partial charge in [0.2, 0.25) is 0 Å². The molecular formula is C20H32BrNO3Si. The minimum atomic E-state index is -1.74. The van der Waals surface area contributed by atoms with Crippen LogP contribution in [0.25, 0.3) is 0 Å². The summed E-state index contributed by atoms with van der Waals surface area (Å²) >= 11 is 3.62. The summed E-state index contributed by atoms with van der Waals surface area (Å²) in [5.74, 6) is 0. The minimum absolute atomic E-state index is 0.229. The maximum Gasteiger partial charge on any atom is 0.192 e. The summed E-state index contributed by atoms with van der Waals surface area (Å²) in [6.45, 7) is 14.1. The zero-order chi connectivity index (χ0) is 19.2. The molecule has 2 fully saturated rings. The van der Waals surface area contributed by atoms with E-state index in [1.807, 2.05) is 6.07 Å². The van der Waals surface area contributed by atoms with Gasteiger partial charge < -0.3 is 19.2 Å². The lowest BCUT2D eigenvalue weighted by Gasteiger charge is -2.39. The van der Waals surface area contributed by atoms with Crippen LogP contribution >= 0.6 is 15.9 Å². The second-order valence-electron chi connectivity index (χ2n) is 9.28. The van der Waals surface area contributed by atoms with Gasteiger partial charge >= 0.3 is 0 Å². The first-order valence-corrected chi connectivity index (χ1v) is 13.2. The molecule has 6 heteroatoms. The summed E-state index contributed by atoms with van der Waals surface area (Å²) in [6, 6.07) is 6.68. The smallest absolute Gasteiger partial charge is 0.192 e. The summed E-state index contributed by atoms with van der Waals surface area (Å²) in [4.78, 5) is 2.45. The molecule has 26 heavy (non-hydrogen) atoms. The van der Waals surface area contributed by atoms with Crippen molar-refractivity contribution in [1.29, 1.82) is 0 Å². The van der Waals surface area contributed by atoms with E-state index in [1.54, 1.807) is 0 Å². The molecule has 1 aromatic rings. The molecule has 0 aromatic heterocycles. The summed E-state index contributed by atoms with van der Waals surface area (Å²) in [5, 5.41) is 10.9. The van der Waals surface area contributed by atoms with Gasteiger partial charge in [-0.1, -0.05) is 36.7 Å². The molecule has 1 aromatic carbocycles. The van der Waals surface area contributed by atoms with Gasteiger partial charge in [-0.2, -0.15) is 0 Å². The molecule has 146 valence electrons. The number of hydrogen-bond acceptors (Lipinski definition) is 4. The molecule has 0 radical (unpaired) electrons. The van der Waals surface area contributed by atoms with Crippen molar-refractivity contribution in [2.75, 3.05) is 31.3 Å². The van der Waals surface area contributed by atoms with E-state index >= 15 is 0 Å². The van der Waals surface area contributed by atoms with Gasteiger partial charge in [-0.05, 0) is 54.7 Å². The van der Waals surface area contributed by atoms with E-state index in [4.69, 9.17) is 9.16 Å². The normalized spacial score (nSPS) is 23.2. The first-order chi connectivity index (χ1) is 12.0. The predicted molar refractivity (Wildman–Crippen MR) is 112 cm³/mol. The van der Waals surface area contributed by atoms with Crippen LogP contribution < -0.4 is 4.90 Å². The maximum atomic E-state index is 10.7. The maximum absolute atomic E-state index is 10.7. The van der Waals surface area contributed by atoms with Gasteiger partial charge in [0.1, 0.15) is 5.60 Å². The molecule has 0 saturated carbocycles. The van der Waals surface area contributed by atoms with Crippen LogP contribution in [0.5, 0.6) is 0 Å². The highest BCUT2D eigenvalue weighted by Gasteiger charge is 2.40. The molecule has 4 nitrogen and oxygen atoms in total. The van der Waals surface area contributed by atoms with E-state index in [0.717, 1.165) is 35.3 Å². The first-order valence-electron chi connectivity index (χ1n) is 9.54. The molecule has 0 aliphatic carbocycles. The number of hydrogen-bond donors (Lipinski definition) is 1. The molecule has 2 saturated heterocycles. The largest absolute Gasteiger partial charge is 0.415 e. The van der Waals surface area contributed by atoms with Gasteiger partial charge in [-0.3, -0.25) is 0 Å². The van der Waals surface area contributed by atoms with Crippen molar-refractivity contribution in [3.63, 3.8) is 0 Å². The highest BCUT2D eigenvalue weighted by atomic mass is 79.9. The van der Waals surface area contributed by atoms with Crippen LogP contribution in [0.2, 0.25) is 18.1 Å². The lowest BCUT2D eigenvalue weighted by molar-refractivity contribution is -0.184. The fraction of sp³-hybridized carbons (Fsp3) is 0.700. The Bertz CT molecular complexity index is 655. The lowest BCUT2D eigenvalue weighted by atomic mass is 9.91. The van der Waals surface area contributed by atoms with Crippen molar-refractivity contribution in [2.45, 2.75) is 63.4 Å². The molecule has 0 bridgehead atoms. The van der Waals surface area contributed by atoms with E-state index < -0.39 is 13.9 Å². The molecule has 1 atom stereocenters. The van der Waals surface area contributed by atoms with Crippen LogP contribution in [-0.4, -0.2) is 45.8 Å². The average molecular weight is 442 g/mol. The fourth-order valence-electron chi connectivity index (χ4n) is 3.34. The van der Waals surface area contributed by atoms with Crippen LogP contribution in [-0.2, 0) is 14.8 Å². The molecule has 0 unspecified atom stereocenters. The summed E-state index contributed by atoms with van der Waals surface area (Å²) in [6.07, 6.45) is 2.34. The zero-order valence-electron chi connectivity index (χ0n) is 16.6. The predicted octanol–water partition coefficient (Wildman–Crippen LogP) is 4.66. The molecule has 1 N–H and O–H groups in total. The number of anilines is 1. The Hall–Kier alpha value is -0.403. The SMILES string of the molecule is CC(C)(C)[Si](C)(C)OC[C@@H]1CCCN1c1cc(Br)cc(C2(O)COC2)c1. The first kappa shape index (κ1) is 20.3. The van der Waals surface area contributed by atoms with Crippen LogP contribution in [0.4, 0.5) is 5.69 Å². The van der Waals surface area contributed by atoms with Gasteiger partial charge in [0.25, 0.3) is 0 Å². The highest BCUT2D eigenvalue weighted by molar-refractivity contribution is 9.10. The molecule has 0 amide bonds. The van der Waals surface area contributed by atoms with Crippen molar-refractivity contribution in [1.82, 2.24) is 0 Å². The average Bonchev–Trinajstić information content (AvgIpc) is 2.97. The third-order valence-corrected chi connectivity index (χ3v) is 11.2. The summed E-state index contributed by atoms with van der Waals surface area (Å²) < 4.78 is 12.7. The Balaban J connectivity index is 1.76. The molecule has 2 aliphatic heterocycles. The Morgan fingerprint density at radius 3 is 2.58 bits per heavy atom. The Morgan fingerprint density at radius 1 is 1.31 bits per heavy atom. The standard InChI is InChI=1S/C20H32BrNO3Si/c1-19(2,3)26(4,5)25-12-17-7-6-8-22(17)18-10-15(9-16(21)11-18)20(23)13-24-14-20/h9-11,17,23H,6-8,12-14H2,1-5H3/t17-/m0/s1. The molecule has 2 aliphatic rings. The van der Waals surface area contributed by atoms with E-state index in [-0.39, 0.29) is 5.04 Å². The molecule has 3 rings (SSSR count). The van der Waals surface area contributed by atoms with E-state index in [0.29, 0.717) is 19.3 Å². The minimum Gasteiger partial charge on any atom is -0.415 e. The third-order valence-electron chi connectivity index (χ3n) is 6.25. The van der Waals surface area contributed by atoms with Crippen LogP contribution in [0, 0.1) is 0 Å². The zero-order valence-corrected chi connectivity index (χ0v) is 19.2. The summed E-state index contributed by atoms with van der Waals surface area (Å²) in [7, 11) is -1.74. The Morgan fingerprint density at radius 2 is 2.00 bits per heavy atom. The van der Waals surface area contributed by atoms with E-state index in [2.05, 4.69) is 66.8 Å². The Labute approximate surface area is 167 Å². The van der Waals surface area contributed by atoms with Gasteiger partial charge in [0.15, 0.2) is 8.32 Å². The Kier molecular flexibility index (Phi) is 5.64. The molecular weight excluding hydrogens is 410 g/mol. The number of benzene rings is 1. The topological polar surface area (TPSA) is 41.9 Å². The van der Waals surface area contributed by atoms with Crippen molar-refractivity contribution in [2.24, 2.45) is 0 Å². The number of ether oxygens (including phenoxy) is 1. The van der Waals surface area contributed by atoms with Gasteiger partial charge in [0, 0.05) is 16.7 Å². The number of nitrogens with zero attached hydrogens (tertiary/aromatic N) is 1. The summed E-state index contributed by atoms with van der Waals surface area (Å²) in [5.41, 5.74) is 1.26. The number of halogens is 1. The molecule has 0 spiro atoms. The third kappa shape index (κ3) is 4.04. The van der Waals surface area contributed by atoms with Crippen LogP contribution in [0.3, 0.4) is 0 Å². The monoisotopic (exact) mass is 441 g/mol. The van der Waals surface area contributed by atoms with Gasteiger partial charge in [0.05, 0.1) is 25.9 Å². The number of aliphatic hydroxyl groups is 1. The molecule has 2 heterocycles. The van der Waals surface area contributed by atoms with Crippen molar-refractivity contribution >= 4 is 29.9 Å². The van der Waals surface area contributed by atoms with Crippen molar-refractivity contribution in [3.05, 3.63) is 28.2 Å². The lowest BCUT2D eigenvalue weighted by Crippen LogP contribution is -2.47. The van der Waals surface area contributed by atoms with Crippen LogP contribution in [0.1, 0.15) is 39.2 Å². The highest BCUT2D eigenvalue weighted by Crippen LogP contribution is 2.39.